The number of amides is 2. The second-order valence-electron chi connectivity index (χ2n) is 10.1. The lowest BCUT2D eigenvalue weighted by Gasteiger charge is -2.33. The molecule has 1 fully saturated rings. The molecular formula is C31H33N5O5. The molecule has 4 aromatic rings. The third-order valence-electron chi connectivity index (χ3n) is 7.41. The van der Waals surface area contributed by atoms with Gasteiger partial charge in [0.05, 0.1) is 25.3 Å². The number of methoxy groups -OCH3 is 2. The zero-order chi connectivity index (χ0) is 28.8. The zero-order valence-electron chi connectivity index (χ0n) is 23.2. The van der Waals surface area contributed by atoms with E-state index in [4.69, 9.17) is 9.47 Å². The number of nitrogens with one attached hydrogen (secondary N) is 1. The van der Waals surface area contributed by atoms with Gasteiger partial charge in [0.1, 0.15) is 23.9 Å². The van der Waals surface area contributed by atoms with Crippen molar-refractivity contribution in [3.63, 3.8) is 0 Å². The highest BCUT2D eigenvalue weighted by atomic mass is 16.5. The van der Waals surface area contributed by atoms with Gasteiger partial charge in [-0.1, -0.05) is 54.8 Å². The van der Waals surface area contributed by atoms with E-state index in [-0.39, 0.29) is 24.4 Å². The summed E-state index contributed by atoms with van der Waals surface area (Å²) in [5.41, 5.74) is 2.75. The van der Waals surface area contributed by atoms with Crippen molar-refractivity contribution in [2.45, 2.75) is 50.7 Å². The van der Waals surface area contributed by atoms with Gasteiger partial charge in [-0.25, -0.2) is 9.48 Å². The number of ether oxygens (including phenoxy) is 2. The molecule has 1 heterocycles. The number of esters is 1. The summed E-state index contributed by atoms with van der Waals surface area (Å²) in [5, 5.41) is 11.6. The SMILES string of the molecule is COC(=O)c1ccc(C(C(=O)NC2CCCCC2)N(C(=O)Cn2nnc3ccccc32)c2cccc(OC)c2)cc1. The maximum atomic E-state index is 14.2. The monoisotopic (exact) mass is 555 g/mol. The van der Waals surface area contributed by atoms with Crippen molar-refractivity contribution in [3.8, 4) is 5.75 Å². The Morgan fingerprint density at radius 3 is 2.46 bits per heavy atom. The third kappa shape index (κ3) is 6.21. The zero-order valence-corrected chi connectivity index (χ0v) is 23.2. The second kappa shape index (κ2) is 12.6. The smallest absolute Gasteiger partial charge is 0.337 e. The fraction of sp³-hybridized carbons (Fsp3) is 0.323. The maximum absolute atomic E-state index is 14.2. The Morgan fingerprint density at radius 2 is 1.73 bits per heavy atom. The van der Waals surface area contributed by atoms with Crippen LogP contribution in [0.2, 0.25) is 0 Å². The number of para-hydroxylation sites is 1. The summed E-state index contributed by atoms with van der Waals surface area (Å²) < 4.78 is 11.8. The van der Waals surface area contributed by atoms with Crippen LogP contribution >= 0.6 is 0 Å². The van der Waals surface area contributed by atoms with Crippen molar-refractivity contribution < 1.29 is 23.9 Å². The van der Waals surface area contributed by atoms with Gasteiger partial charge in [-0.2, -0.15) is 0 Å². The molecule has 5 rings (SSSR count). The second-order valence-corrected chi connectivity index (χ2v) is 10.1. The quantitative estimate of drug-likeness (QED) is 0.303. The molecule has 212 valence electrons. The molecule has 2 amide bonds. The summed E-state index contributed by atoms with van der Waals surface area (Å²) in [6.07, 6.45) is 5.00. The predicted octanol–water partition coefficient (Wildman–Crippen LogP) is 4.45. The average molecular weight is 556 g/mol. The van der Waals surface area contributed by atoms with Crippen LogP contribution < -0.4 is 15.0 Å². The maximum Gasteiger partial charge on any atom is 0.337 e. The molecule has 10 nitrogen and oxygen atoms in total. The highest BCUT2D eigenvalue weighted by Gasteiger charge is 2.35. The number of benzene rings is 3. The van der Waals surface area contributed by atoms with Crippen molar-refractivity contribution >= 4 is 34.5 Å². The highest BCUT2D eigenvalue weighted by molar-refractivity contribution is 6.02. The number of hydrogen-bond donors (Lipinski definition) is 1. The van der Waals surface area contributed by atoms with Crippen LogP contribution in [0.4, 0.5) is 5.69 Å². The summed E-state index contributed by atoms with van der Waals surface area (Å²) in [6.45, 7) is -0.148. The Kier molecular flexibility index (Phi) is 8.57. The molecule has 0 bridgehead atoms. The van der Waals surface area contributed by atoms with Crippen molar-refractivity contribution in [1.82, 2.24) is 20.3 Å². The lowest BCUT2D eigenvalue weighted by Crippen LogP contribution is -2.48. The van der Waals surface area contributed by atoms with E-state index in [1.54, 1.807) is 55.6 Å². The fourth-order valence-corrected chi connectivity index (χ4v) is 5.30. The minimum absolute atomic E-state index is 0.0228. The Bertz CT molecular complexity index is 1530. The van der Waals surface area contributed by atoms with E-state index >= 15 is 0 Å². The van der Waals surface area contributed by atoms with Crippen molar-refractivity contribution in [3.05, 3.63) is 83.9 Å². The third-order valence-corrected chi connectivity index (χ3v) is 7.41. The first-order valence-electron chi connectivity index (χ1n) is 13.7. The van der Waals surface area contributed by atoms with Crippen LogP contribution in [-0.2, 0) is 20.9 Å². The summed E-state index contributed by atoms with van der Waals surface area (Å²) >= 11 is 0. The van der Waals surface area contributed by atoms with Gasteiger partial charge in [0.2, 0.25) is 11.8 Å². The molecule has 1 unspecified atom stereocenters. The Labute approximate surface area is 238 Å². The molecule has 41 heavy (non-hydrogen) atoms. The van der Waals surface area contributed by atoms with Gasteiger partial charge >= 0.3 is 5.97 Å². The molecular weight excluding hydrogens is 522 g/mol. The Morgan fingerprint density at radius 1 is 0.976 bits per heavy atom. The average Bonchev–Trinajstić information content (AvgIpc) is 3.42. The van der Waals surface area contributed by atoms with Crippen LogP contribution in [0.1, 0.15) is 54.1 Å². The number of aromatic nitrogens is 3. The molecule has 1 aliphatic carbocycles. The van der Waals surface area contributed by atoms with Crippen LogP contribution in [-0.4, -0.2) is 53.0 Å². The number of hydrogen-bond acceptors (Lipinski definition) is 7. The van der Waals surface area contributed by atoms with E-state index < -0.39 is 12.0 Å². The first-order chi connectivity index (χ1) is 20.0. The fourth-order valence-electron chi connectivity index (χ4n) is 5.30. The number of rotatable bonds is 9. The van der Waals surface area contributed by atoms with Gasteiger partial charge in [0, 0.05) is 17.8 Å². The van der Waals surface area contributed by atoms with Crippen LogP contribution in [0.15, 0.2) is 72.8 Å². The molecule has 0 saturated heterocycles. The number of carbonyl (C=O) groups is 3. The van der Waals surface area contributed by atoms with Gasteiger partial charge in [0.25, 0.3) is 0 Å². The molecule has 10 heteroatoms. The molecule has 1 atom stereocenters. The number of nitrogens with zero attached hydrogens (tertiary/aromatic N) is 4. The first-order valence-corrected chi connectivity index (χ1v) is 13.7. The highest BCUT2D eigenvalue weighted by Crippen LogP contribution is 2.32. The topological polar surface area (TPSA) is 116 Å². The van der Waals surface area contributed by atoms with Crippen LogP contribution in [0.25, 0.3) is 11.0 Å². The summed E-state index contributed by atoms with van der Waals surface area (Å²) in [6, 6.07) is 20.0. The van der Waals surface area contributed by atoms with E-state index in [0.717, 1.165) is 32.1 Å². The molecule has 1 saturated carbocycles. The van der Waals surface area contributed by atoms with E-state index in [0.29, 0.717) is 33.6 Å². The summed E-state index contributed by atoms with van der Waals surface area (Å²) in [7, 11) is 2.86. The summed E-state index contributed by atoms with van der Waals surface area (Å²) in [4.78, 5) is 41.9. The Hall–Kier alpha value is -4.73. The normalized spacial score (nSPS) is 14.3. The molecule has 1 N–H and O–H groups in total. The Balaban J connectivity index is 1.58. The summed E-state index contributed by atoms with van der Waals surface area (Å²) in [5.74, 6) is -0.616. The van der Waals surface area contributed by atoms with Crippen molar-refractivity contribution in [2.75, 3.05) is 19.1 Å². The number of fused-ring (bicyclic) bond motifs is 1. The molecule has 0 radical (unpaired) electrons. The van der Waals surface area contributed by atoms with E-state index in [9.17, 15) is 14.4 Å². The standard InChI is InChI=1S/C31H33N5O5/c1-40-25-12-8-11-24(19-25)36(28(37)20-35-27-14-7-6-13-26(27)33-34-35)29(30(38)32-23-9-4-3-5-10-23)21-15-17-22(18-16-21)31(39)41-2/h6-8,11-19,23,29H,3-5,9-10,20H2,1-2H3,(H,32,38). The lowest BCUT2D eigenvalue weighted by atomic mass is 9.94. The van der Waals surface area contributed by atoms with Gasteiger partial charge < -0.3 is 14.8 Å². The molecule has 0 spiro atoms. The number of carbonyl (C=O) groups excluding carboxylic acids is 3. The first kappa shape index (κ1) is 27.8. The van der Waals surface area contributed by atoms with E-state index in [1.807, 2.05) is 24.3 Å². The van der Waals surface area contributed by atoms with Gasteiger partial charge in [0.15, 0.2) is 0 Å². The van der Waals surface area contributed by atoms with Crippen LogP contribution in [0, 0.1) is 0 Å². The molecule has 0 aliphatic heterocycles. The van der Waals surface area contributed by atoms with Crippen LogP contribution in [0.3, 0.4) is 0 Å². The molecule has 1 aromatic heterocycles. The van der Waals surface area contributed by atoms with Gasteiger partial charge in [-0.05, 0) is 54.8 Å². The van der Waals surface area contributed by atoms with Gasteiger partial charge in [-0.15, -0.1) is 5.10 Å². The largest absolute Gasteiger partial charge is 0.497 e. The van der Waals surface area contributed by atoms with Crippen LogP contribution in [0.5, 0.6) is 5.75 Å². The number of anilines is 1. The molecule has 1 aliphatic rings. The van der Waals surface area contributed by atoms with Crippen molar-refractivity contribution in [1.29, 1.82) is 0 Å². The minimum Gasteiger partial charge on any atom is -0.497 e. The molecule has 3 aromatic carbocycles. The minimum atomic E-state index is -1.03. The van der Waals surface area contributed by atoms with E-state index in [2.05, 4.69) is 15.6 Å². The van der Waals surface area contributed by atoms with Gasteiger partial charge in [-0.3, -0.25) is 14.5 Å². The van der Waals surface area contributed by atoms with E-state index in [1.165, 1.54) is 16.7 Å². The van der Waals surface area contributed by atoms with Crippen molar-refractivity contribution in [2.24, 2.45) is 0 Å². The predicted molar refractivity (Wildman–Crippen MR) is 154 cm³/mol. The lowest BCUT2D eigenvalue weighted by molar-refractivity contribution is -0.127.